The normalized spacial score (nSPS) is 10.8. The number of nitrogens with one attached hydrogen (secondary N) is 2. The Balaban J connectivity index is 1.49. The maximum Gasteiger partial charge on any atom is 0.138 e. The smallest absolute Gasteiger partial charge is 0.138 e. The number of unbranched alkanes of at least 4 members (excludes halogenated alkanes) is 1. The van der Waals surface area contributed by atoms with E-state index in [9.17, 15) is 0 Å². The number of aromatic amines is 2. The molecule has 0 aliphatic heterocycles. The lowest BCUT2D eigenvalue weighted by Gasteiger charge is -1.97. The van der Waals surface area contributed by atoms with Crippen LogP contribution < -0.4 is 0 Å². The Morgan fingerprint density at radius 2 is 1.38 bits per heavy atom. The van der Waals surface area contributed by atoms with E-state index in [1.807, 2.05) is 12.4 Å². The summed E-state index contributed by atoms with van der Waals surface area (Å²) in [4.78, 5) is 0. The highest BCUT2D eigenvalue weighted by Gasteiger charge is 1.98. The van der Waals surface area contributed by atoms with Crippen molar-refractivity contribution >= 4 is 23.5 Å². The Bertz CT molecular complexity index is 335. The molecule has 2 aromatic heterocycles. The average Bonchev–Trinajstić information content (AvgIpc) is 2.96. The van der Waals surface area contributed by atoms with E-state index in [4.69, 9.17) is 0 Å². The Morgan fingerprint density at radius 1 is 0.875 bits per heavy atom. The number of aromatic nitrogens is 6. The molecule has 8 heteroatoms. The van der Waals surface area contributed by atoms with Crippen molar-refractivity contribution in [1.82, 2.24) is 30.8 Å². The van der Waals surface area contributed by atoms with Gasteiger partial charge in [0.05, 0.1) is 12.4 Å². The predicted octanol–water partition coefficient (Wildman–Crippen LogP) is 1.59. The molecular formula is C8H12N6S2. The van der Waals surface area contributed by atoms with Crippen molar-refractivity contribution in [2.24, 2.45) is 0 Å². The molecule has 6 nitrogen and oxygen atoms in total. The molecule has 2 rings (SSSR count). The SMILES string of the molecule is c1[nH]nnc1SCCCCSc1c[nH]nn1. The molecule has 0 atom stereocenters. The number of hydrogen-bond donors (Lipinski definition) is 2. The molecule has 0 bridgehead atoms. The second-order valence-corrected chi connectivity index (χ2v) is 5.26. The van der Waals surface area contributed by atoms with Crippen LogP contribution in [0.5, 0.6) is 0 Å². The van der Waals surface area contributed by atoms with Crippen LogP contribution in [0.4, 0.5) is 0 Å². The van der Waals surface area contributed by atoms with Gasteiger partial charge in [-0.25, -0.2) is 0 Å². The van der Waals surface area contributed by atoms with E-state index in [1.54, 1.807) is 23.5 Å². The van der Waals surface area contributed by atoms with Gasteiger partial charge in [-0.15, -0.1) is 33.7 Å². The number of nitrogens with zero attached hydrogens (tertiary/aromatic N) is 4. The molecule has 0 aromatic carbocycles. The maximum atomic E-state index is 3.90. The summed E-state index contributed by atoms with van der Waals surface area (Å²) in [6.45, 7) is 0. The van der Waals surface area contributed by atoms with Crippen LogP contribution >= 0.6 is 23.5 Å². The topological polar surface area (TPSA) is 83.1 Å². The lowest BCUT2D eigenvalue weighted by atomic mass is 10.4. The molecule has 0 spiro atoms. The summed E-state index contributed by atoms with van der Waals surface area (Å²) >= 11 is 3.45. The van der Waals surface area contributed by atoms with Crippen LogP contribution in [0.3, 0.4) is 0 Å². The second-order valence-electron chi connectivity index (χ2n) is 3.03. The van der Waals surface area contributed by atoms with Crippen molar-refractivity contribution in [2.45, 2.75) is 22.9 Å². The van der Waals surface area contributed by atoms with E-state index >= 15 is 0 Å². The second kappa shape index (κ2) is 6.54. The fourth-order valence-corrected chi connectivity index (χ4v) is 2.67. The zero-order valence-corrected chi connectivity index (χ0v) is 10.2. The molecule has 0 saturated heterocycles. The first-order valence-corrected chi connectivity index (χ1v) is 6.91. The van der Waals surface area contributed by atoms with Crippen LogP contribution in [-0.4, -0.2) is 42.3 Å². The lowest BCUT2D eigenvalue weighted by molar-refractivity contribution is 0.890. The summed E-state index contributed by atoms with van der Waals surface area (Å²) in [5.74, 6) is 2.15. The summed E-state index contributed by atoms with van der Waals surface area (Å²) < 4.78 is 0. The van der Waals surface area contributed by atoms with Crippen molar-refractivity contribution < 1.29 is 0 Å². The van der Waals surface area contributed by atoms with Gasteiger partial charge in [-0.3, -0.25) is 10.2 Å². The van der Waals surface area contributed by atoms with Crippen molar-refractivity contribution in [2.75, 3.05) is 11.5 Å². The van der Waals surface area contributed by atoms with E-state index in [0.717, 1.165) is 21.6 Å². The fraction of sp³-hybridized carbons (Fsp3) is 0.500. The molecule has 86 valence electrons. The van der Waals surface area contributed by atoms with Crippen molar-refractivity contribution in [3.8, 4) is 0 Å². The van der Waals surface area contributed by atoms with E-state index in [1.165, 1.54) is 12.8 Å². The third-order valence-electron chi connectivity index (χ3n) is 1.83. The van der Waals surface area contributed by atoms with Crippen LogP contribution in [0.25, 0.3) is 0 Å². The number of thioether (sulfide) groups is 2. The first-order valence-electron chi connectivity index (χ1n) is 4.93. The fourth-order valence-electron chi connectivity index (χ4n) is 1.08. The molecule has 0 radical (unpaired) electrons. The van der Waals surface area contributed by atoms with Gasteiger partial charge >= 0.3 is 0 Å². The highest BCUT2D eigenvalue weighted by Crippen LogP contribution is 2.18. The van der Waals surface area contributed by atoms with Gasteiger partial charge in [0.2, 0.25) is 0 Å². The maximum absolute atomic E-state index is 3.90. The zero-order valence-electron chi connectivity index (χ0n) is 8.59. The Morgan fingerprint density at radius 3 is 1.75 bits per heavy atom. The van der Waals surface area contributed by atoms with Crippen molar-refractivity contribution in [3.63, 3.8) is 0 Å². The molecule has 2 heterocycles. The minimum Gasteiger partial charge on any atom is -0.264 e. The van der Waals surface area contributed by atoms with Gasteiger partial charge in [-0.05, 0) is 24.3 Å². The van der Waals surface area contributed by atoms with Crippen LogP contribution in [0.2, 0.25) is 0 Å². The number of rotatable bonds is 7. The molecule has 0 fully saturated rings. The van der Waals surface area contributed by atoms with Gasteiger partial charge in [0.25, 0.3) is 0 Å². The monoisotopic (exact) mass is 256 g/mol. The Hall–Kier alpha value is -1.02. The molecule has 2 N–H and O–H groups in total. The first kappa shape index (κ1) is 11.5. The molecule has 0 amide bonds. The Kier molecular flexibility index (Phi) is 4.69. The van der Waals surface area contributed by atoms with Gasteiger partial charge in [0.15, 0.2) is 0 Å². The number of H-pyrrole nitrogens is 2. The summed E-state index contributed by atoms with van der Waals surface area (Å²) in [7, 11) is 0. The third kappa shape index (κ3) is 3.86. The minimum absolute atomic E-state index is 0.962. The van der Waals surface area contributed by atoms with Gasteiger partial charge in [0.1, 0.15) is 10.1 Å². The van der Waals surface area contributed by atoms with Crippen LogP contribution in [0.15, 0.2) is 22.4 Å². The van der Waals surface area contributed by atoms with Crippen molar-refractivity contribution in [3.05, 3.63) is 12.4 Å². The van der Waals surface area contributed by atoms with Crippen molar-refractivity contribution in [1.29, 1.82) is 0 Å². The van der Waals surface area contributed by atoms with Crippen LogP contribution in [-0.2, 0) is 0 Å². The van der Waals surface area contributed by atoms with Crippen LogP contribution in [0, 0.1) is 0 Å². The van der Waals surface area contributed by atoms with E-state index in [2.05, 4.69) is 30.8 Å². The third-order valence-corrected chi connectivity index (χ3v) is 3.80. The minimum atomic E-state index is 0.962. The summed E-state index contributed by atoms with van der Waals surface area (Å²) in [6.07, 6.45) is 5.97. The molecular weight excluding hydrogens is 244 g/mol. The van der Waals surface area contributed by atoms with E-state index in [0.29, 0.717) is 0 Å². The summed E-state index contributed by atoms with van der Waals surface area (Å²) in [5.41, 5.74) is 0. The zero-order chi connectivity index (χ0) is 11.1. The molecule has 2 aromatic rings. The predicted molar refractivity (Wildman–Crippen MR) is 63.4 cm³/mol. The summed E-state index contributed by atoms with van der Waals surface area (Å²) in [6, 6.07) is 0. The lowest BCUT2D eigenvalue weighted by Crippen LogP contribution is -1.85. The highest BCUT2D eigenvalue weighted by molar-refractivity contribution is 7.99. The van der Waals surface area contributed by atoms with E-state index in [-0.39, 0.29) is 0 Å². The largest absolute Gasteiger partial charge is 0.264 e. The quantitative estimate of drug-likeness (QED) is 0.578. The average molecular weight is 256 g/mol. The summed E-state index contributed by atoms with van der Waals surface area (Å²) in [5, 5.41) is 22.4. The first-order chi connectivity index (χ1) is 7.95. The standard InChI is InChI=1S/C8H12N6S2/c1(3-15-7-5-9-13-11-7)2-4-16-8-6-10-14-12-8/h5-6H,1-4H2,(H,9,11,13)(H,10,12,14). The molecule has 16 heavy (non-hydrogen) atoms. The molecule has 0 saturated carbocycles. The van der Waals surface area contributed by atoms with E-state index < -0.39 is 0 Å². The molecule has 0 aliphatic rings. The molecule has 0 aliphatic carbocycles. The van der Waals surface area contributed by atoms with Gasteiger partial charge in [-0.2, -0.15) is 0 Å². The van der Waals surface area contributed by atoms with Gasteiger partial charge in [0, 0.05) is 0 Å². The van der Waals surface area contributed by atoms with Gasteiger partial charge < -0.3 is 0 Å². The van der Waals surface area contributed by atoms with Crippen LogP contribution in [0.1, 0.15) is 12.8 Å². The number of hydrogen-bond acceptors (Lipinski definition) is 6. The molecule has 0 unspecified atom stereocenters. The highest BCUT2D eigenvalue weighted by atomic mass is 32.2. The van der Waals surface area contributed by atoms with Gasteiger partial charge in [-0.1, -0.05) is 10.4 Å². The Labute approximate surface area is 101 Å².